The summed E-state index contributed by atoms with van der Waals surface area (Å²) in [4.78, 5) is 30.1. The van der Waals surface area contributed by atoms with Gasteiger partial charge in [-0.05, 0) is 66.3 Å². The fourth-order valence-electron chi connectivity index (χ4n) is 5.93. The summed E-state index contributed by atoms with van der Waals surface area (Å²) in [5.74, 6) is 0.904. The van der Waals surface area contributed by atoms with Crippen LogP contribution in [0.4, 0.5) is 0 Å². The molecule has 1 atom stereocenters. The van der Waals surface area contributed by atoms with E-state index >= 15 is 0 Å². The van der Waals surface area contributed by atoms with Crippen LogP contribution in [0.3, 0.4) is 0 Å². The van der Waals surface area contributed by atoms with Crippen molar-refractivity contribution in [2.24, 2.45) is 0 Å². The van der Waals surface area contributed by atoms with Gasteiger partial charge in [-0.3, -0.25) is 9.59 Å². The fraction of sp³-hybridized carbons (Fsp3) is 0.316. The molecule has 1 heterocycles. The van der Waals surface area contributed by atoms with Crippen LogP contribution in [0.25, 0.3) is 0 Å². The van der Waals surface area contributed by atoms with Gasteiger partial charge in [-0.25, -0.2) is 8.42 Å². The lowest BCUT2D eigenvalue weighted by Gasteiger charge is -2.32. The van der Waals surface area contributed by atoms with Crippen molar-refractivity contribution in [2.75, 3.05) is 27.3 Å². The number of carbonyl (C=O) groups is 2. The minimum atomic E-state index is -3.52. The molecule has 0 saturated carbocycles. The van der Waals surface area contributed by atoms with E-state index in [1.165, 1.54) is 4.31 Å². The Morgan fingerprint density at radius 1 is 0.792 bits per heavy atom. The summed E-state index contributed by atoms with van der Waals surface area (Å²) in [6.45, 7) is 1.54. The van der Waals surface area contributed by atoms with Crippen LogP contribution in [-0.2, 0) is 45.5 Å². The van der Waals surface area contributed by atoms with Crippen LogP contribution in [0.1, 0.15) is 41.5 Å². The minimum absolute atomic E-state index is 0.138. The molecule has 0 radical (unpaired) electrons. The Balaban J connectivity index is 1.38. The molecule has 1 saturated heterocycles. The molecule has 1 aliphatic heterocycles. The number of methoxy groups -OCH3 is 2. The average molecular weight is 670 g/mol. The molecule has 1 fully saturated rings. The van der Waals surface area contributed by atoms with Gasteiger partial charge in [-0.15, -0.1) is 0 Å². The van der Waals surface area contributed by atoms with E-state index < -0.39 is 16.1 Å². The summed E-state index contributed by atoms with van der Waals surface area (Å²) >= 11 is 0. The number of carbonyl (C=O) groups excluding carboxylic acids is 2. The summed E-state index contributed by atoms with van der Waals surface area (Å²) in [7, 11) is -0.334. The molecule has 2 amide bonds. The maximum atomic E-state index is 14.2. The molecule has 1 aliphatic rings. The molecule has 1 N–H and O–H groups in total. The number of amides is 2. The number of aryl methyl sites for hydroxylation is 1. The van der Waals surface area contributed by atoms with Crippen LogP contribution in [0.5, 0.6) is 11.5 Å². The predicted octanol–water partition coefficient (Wildman–Crippen LogP) is 5.38. The van der Waals surface area contributed by atoms with Crippen LogP contribution < -0.4 is 14.8 Å². The van der Waals surface area contributed by atoms with Crippen molar-refractivity contribution >= 4 is 21.8 Å². The monoisotopic (exact) mass is 669 g/mol. The van der Waals surface area contributed by atoms with Gasteiger partial charge < -0.3 is 19.7 Å². The Bertz CT molecular complexity index is 1760. The van der Waals surface area contributed by atoms with E-state index in [0.29, 0.717) is 37.4 Å². The van der Waals surface area contributed by atoms with Gasteiger partial charge in [0.1, 0.15) is 17.5 Å². The second-order valence-electron chi connectivity index (χ2n) is 11.9. The van der Waals surface area contributed by atoms with E-state index in [1.54, 1.807) is 43.4 Å². The second kappa shape index (κ2) is 16.4. The van der Waals surface area contributed by atoms with Gasteiger partial charge >= 0.3 is 0 Å². The zero-order valence-electron chi connectivity index (χ0n) is 27.5. The fourth-order valence-corrected chi connectivity index (χ4v) is 7.45. The lowest BCUT2D eigenvalue weighted by molar-refractivity contribution is -0.141. The van der Waals surface area contributed by atoms with E-state index in [1.807, 2.05) is 78.9 Å². The van der Waals surface area contributed by atoms with Crippen LogP contribution in [0, 0.1) is 0 Å². The number of benzene rings is 4. The maximum absolute atomic E-state index is 14.2. The number of hydrogen-bond acceptors (Lipinski definition) is 6. The predicted molar refractivity (Wildman–Crippen MR) is 185 cm³/mol. The van der Waals surface area contributed by atoms with Crippen molar-refractivity contribution in [3.05, 3.63) is 125 Å². The summed E-state index contributed by atoms with van der Waals surface area (Å²) in [6.07, 6.45) is 2.60. The Morgan fingerprint density at radius 2 is 1.44 bits per heavy atom. The van der Waals surface area contributed by atoms with Gasteiger partial charge in [0.05, 0.1) is 19.1 Å². The third-order valence-electron chi connectivity index (χ3n) is 8.68. The third kappa shape index (κ3) is 8.81. The van der Waals surface area contributed by atoms with Gasteiger partial charge in [0.25, 0.3) is 0 Å². The molecule has 1 unspecified atom stereocenters. The molecule has 252 valence electrons. The molecule has 9 nitrogen and oxygen atoms in total. The van der Waals surface area contributed by atoms with Gasteiger partial charge in [0, 0.05) is 44.6 Å². The lowest BCUT2D eigenvalue weighted by atomic mass is 10.0. The first-order chi connectivity index (χ1) is 23.3. The summed E-state index contributed by atoms with van der Waals surface area (Å²) in [5.41, 5.74) is 3.46. The van der Waals surface area contributed by atoms with Crippen molar-refractivity contribution in [1.82, 2.24) is 14.5 Å². The first-order valence-electron chi connectivity index (χ1n) is 16.2. The number of nitrogens with one attached hydrogen (secondary N) is 1. The minimum Gasteiger partial charge on any atom is -0.497 e. The number of nitrogens with zero attached hydrogens (tertiary/aromatic N) is 2. The Hall–Kier alpha value is -4.67. The molecular weight excluding hydrogens is 627 g/mol. The molecule has 5 rings (SSSR count). The number of hydrogen-bond donors (Lipinski definition) is 1. The van der Waals surface area contributed by atoms with Crippen molar-refractivity contribution < 1.29 is 27.5 Å². The summed E-state index contributed by atoms with van der Waals surface area (Å²) < 4.78 is 38.3. The first kappa shape index (κ1) is 34.7. The highest BCUT2D eigenvalue weighted by Gasteiger charge is 2.31. The highest BCUT2D eigenvalue weighted by atomic mass is 32.2. The van der Waals surface area contributed by atoms with Gasteiger partial charge in [0.2, 0.25) is 21.8 Å². The van der Waals surface area contributed by atoms with Crippen molar-refractivity contribution in [1.29, 1.82) is 0 Å². The van der Waals surface area contributed by atoms with Crippen LogP contribution >= 0.6 is 0 Å². The highest BCUT2D eigenvalue weighted by molar-refractivity contribution is 7.89. The zero-order valence-corrected chi connectivity index (χ0v) is 28.3. The summed E-state index contributed by atoms with van der Waals surface area (Å²) in [5, 5.41) is 3.06. The van der Waals surface area contributed by atoms with E-state index in [-0.39, 0.29) is 36.2 Å². The molecule has 0 aliphatic carbocycles. The molecule has 4 aromatic carbocycles. The molecular formula is C38H43N3O6S. The highest BCUT2D eigenvalue weighted by Crippen LogP contribution is 2.23. The SMILES string of the molecule is COc1ccc(CN(C(=O)CCc2ccc(S(=O)(=O)N3CCCC3)cc2)C(Cc2ccccc2)C(=O)NCc2ccccc2OC)cc1. The Kier molecular flexibility index (Phi) is 11.9. The maximum Gasteiger partial charge on any atom is 0.243 e. The second-order valence-corrected chi connectivity index (χ2v) is 13.8. The average Bonchev–Trinajstić information content (AvgIpc) is 3.68. The smallest absolute Gasteiger partial charge is 0.243 e. The van der Waals surface area contributed by atoms with Gasteiger partial charge in [-0.2, -0.15) is 4.31 Å². The molecule has 10 heteroatoms. The van der Waals surface area contributed by atoms with E-state index in [9.17, 15) is 18.0 Å². The number of rotatable bonds is 15. The standard InChI is InChI=1S/C38H43N3O6S/c1-46-33-19-14-31(15-20-33)28-41(37(42)23-18-29-16-21-34(22-17-29)48(44,45)40-24-8-9-25-40)35(26-30-10-4-3-5-11-30)38(43)39-27-32-12-6-7-13-36(32)47-2/h3-7,10-17,19-22,35H,8-9,18,23-28H2,1-2H3,(H,39,43). The van der Waals surface area contributed by atoms with E-state index in [2.05, 4.69) is 5.32 Å². The van der Waals surface area contributed by atoms with E-state index in [0.717, 1.165) is 35.1 Å². The zero-order chi connectivity index (χ0) is 33.9. The van der Waals surface area contributed by atoms with E-state index in [4.69, 9.17) is 9.47 Å². The van der Waals surface area contributed by atoms with Crippen LogP contribution in [-0.4, -0.2) is 62.8 Å². The third-order valence-corrected chi connectivity index (χ3v) is 10.6. The molecule has 0 aromatic heterocycles. The summed E-state index contributed by atoms with van der Waals surface area (Å²) in [6, 6.07) is 30.6. The molecule has 0 spiro atoms. The van der Waals surface area contributed by atoms with Gasteiger partial charge in [-0.1, -0.05) is 72.8 Å². The molecule has 48 heavy (non-hydrogen) atoms. The lowest BCUT2D eigenvalue weighted by Crippen LogP contribution is -2.50. The van der Waals surface area contributed by atoms with Crippen LogP contribution in [0.2, 0.25) is 0 Å². The Morgan fingerprint density at radius 3 is 2.10 bits per heavy atom. The molecule has 0 bridgehead atoms. The number of sulfonamides is 1. The quantitative estimate of drug-likeness (QED) is 0.182. The van der Waals surface area contributed by atoms with Crippen molar-refractivity contribution in [3.63, 3.8) is 0 Å². The largest absolute Gasteiger partial charge is 0.497 e. The number of ether oxygens (including phenoxy) is 2. The van der Waals surface area contributed by atoms with Gasteiger partial charge in [0.15, 0.2) is 0 Å². The topological polar surface area (TPSA) is 105 Å². The first-order valence-corrected chi connectivity index (χ1v) is 17.7. The number of para-hydroxylation sites is 1. The molecule has 4 aromatic rings. The van der Waals surface area contributed by atoms with Crippen molar-refractivity contribution in [3.8, 4) is 11.5 Å². The van der Waals surface area contributed by atoms with Crippen molar-refractivity contribution in [2.45, 2.75) is 56.1 Å². The normalized spacial score (nSPS) is 13.9. The Labute approximate surface area is 283 Å². The van der Waals surface area contributed by atoms with Crippen LogP contribution in [0.15, 0.2) is 108 Å².